The molecule has 1 heterocycles. The van der Waals surface area contributed by atoms with Crippen molar-refractivity contribution in [1.82, 2.24) is 9.55 Å². The van der Waals surface area contributed by atoms with Gasteiger partial charge in [0, 0.05) is 11.4 Å². The maximum absolute atomic E-state index is 11.9. The fourth-order valence-electron chi connectivity index (χ4n) is 2.31. The molecule has 0 aliphatic heterocycles. The third kappa shape index (κ3) is 3.13. The Bertz CT molecular complexity index is 807. The summed E-state index contributed by atoms with van der Waals surface area (Å²) in [5.74, 6) is 1.18. The van der Waals surface area contributed by atoms with Gasteiger partial charge in [0.2, 0.25) is 0 Å². The number of para-hydroxylation sites is 2. The molecule has 0 aliphatic carbocycles. The van der Waals surface area contributed by atoms with Crippen molar-refractivity contribution in [1.29, 1.82) is 0 Å². The lowest BCUT2D eigenvalue weighted by molar-refractivity contribution is 0.474. The van der Waals surface area contributed by atoms with Crippen molar-refractivity contribution in [3.8, 4) is 5.75 Å². The summed E-state index contributed by atoms with van der Waals surface area (Å²) >= 11 is 1.68. The van der Waals surface area contributed by atoms with Crippen molar-refractivity contribution in [3.63, 3.8) is 0 Å². The standard InChI is InChI=1S/C16H16N2O2S/c19-12-5-3-6-13(11-12)21-10-4-9-18-15-8-2-1-7-14(15)17-16(18)20/h1-3,5-8,11,19H,4,9-10H2,(H,17,20). The highest BCUT2D eigenvalue weighted by atomic mass is 32.2. The molecule has 108 valence electrons. The predicted octanol–water partition coefficient (Wildman–Crippen LogP) is 3.22. The zero-order valence-electron chi connectivity index (χ0n) is 11.5. The maximum atomic E-state index is 11.9. The van der Waals surface area contributed by atoms with Crippen LogP contribution in [0.3, 0.4) is 0 Å². The molecule has 1 aromatic heterocycles. The molecular formula is C16H16N2O2S. The lowest BCUT2D eigenvalue weighted by Gasteiger charge is -2.04. The Morgan fingerprint density at radius 2 is 2.00 bits per heavy atom. The molecule has 0 spiro atoms. The van der Waals surface area contributed by atoms with Crippen LogP contribution in [0.4, 0.5) is 0 Å². The van der Waals surface area contributed by atoms with E-state index in [1.165, 1.54) is 0 Å². The van der Waals surface area contributed by atoms with Crippen LogP contribution in [0.5, 0.6) is 5.75 Å². The second kappa shape index (κ2) is 6.10. The lowest BCUT2D eigenvalue weighted by atomic mass is 10.3. The zero-order chi connectivity index (χ0) is 14.7. The number of aromatic hydroxyl groups is 1. The molecule has 0 bridgehead atoms. The highest BCUT2D eigenvalue weighted by Crippen LogP contribution is 2.22. The smallest absolute Gasteiger partial charge is 0.326 e. The number of nitrogens with zero attached hydrogens (tertiary/aromatic N) is 1. The van der Waals surface area contributed by atoms with E-state index in [-0.39, 0.29) is 11.4 Å². The number of hydrogen-bond acceptors (Lipinski definition) is 3. The zero-order valence-corrected chi connectivity index (χ0v) is 12.3. The molecule has 0 saturated carbocycles. The van der Waals surface area contributed by atoms with Crippen molar-refractivity contribution in [2.45, 2.75) is 17.9 Å². The van der Waals surface area contributed by atoms with Crippen LogP contribution < -0.4 is 5.69 Å². The number of imidazole rings is 1. The van der Waals surface area contributed by atoms with Gasteiger partial charge in [-0.3, -0.25) is 4.57 Å². The van der Waals surface area contributed by atoms with Gasteiger partial charge in [0.05, 0.1) is 11.0 Å². The summed E-state index contributed by atoms with van der Waals surface area (Å²) in [5.41, 5.74) is 1.77. The number of fused-ring (bicyclic) bond motifs is 1. The third-order valence-electron chi connectivity index (χ3n) is 3.29. The van der Waals surface area contributed by atoms with E-state index in [1.54, 1.807) is 28.5 Å². The minimum absolute atomic E-state index is 0.0569. The largest absolute Gasteiger partial charge is 0.508 e. The first-order valence-electron chi connectivity index (χ1n) is 6.83. The summed E-state index contributed by atoms with van der Waals surface area (Å²) in [4.78, 5) is 15.8. The summed E-state index contributed by atoms with van der Waals surface area (Å²) in [6, 6.07) is 14.9. The molecule has 3 rings (SSSR count). The SMILES string of the molecule is O=c1[nH]c2ccccc2n1CCCSc1cccc(O)c1. The Morgan fingerprint density at radius 1 is 1.14 bits per heavy atom. The van der Waals surface area contributed by atoms with Gasteiger partial charge < -0.3 is 10.1 Å². The first kappa shape index (κ1) is 13.8. The lowest BCUT2D eigenvalue weighted by Crippen LogP contribution is -2.17. The Morgan fingerprint density at radius 3 is 2.86 bits per heavy atom. The molecule has 4 nitrogen and oxygen atoms in total. The van der Waals surface area contributed by atoms with Gasteiger partial charge in [-0.15, -0.1) is 11.8 Å². The fourth-order valence-corrected chi connectivity index (χ4v) is 3.20. The molecule has 0 unspecified atom stereocenters. The maximum Gasteiger partial charge on any atom is 0.326 e. The van der Waals surface area contributed by atoms with Crippen LogP contribution in [-0.2, 0) is 6.54 Å². The quantitative estimate of drug-likeness (QED) is 0.562. The van der Waals surface area contributed by atoms with Gasteiger partial charge in [0.25, 0.3) is 0 Å². The van der Waals surface area contributed by atoms with E-state index >= 15 is 0 Å². The number of H-pyrrole nitrogens is 1. The number of aromatic nitrogens is 2. The Balaban J connectivity index is 1.62. The van der Waals surface area contributed by atoms with E-state index in [1.807, 2.05) is 36.4 Å². The van der Waals surface area contributed by atoms with Crippen LogP contribution in [0, 0.1) is 0 Å². The molecule has 0 atom stereocenters. The summed E-state index contributed by atoms with van der Waals surface area (Å²) in [6.07, 6.45) is 0.891. The molecule has 0 radical (unpaired) electrons. The second-order valence-corrected chi connectivity index (χ2v) is 5.97. The van der Waals surface area contributed by atoms with Crippen molar-refractivity contribution in [2.24, 2.45) is 0 Å². The number of phenols is 1. The van der Waals surface area contributed by atoms with Gasteiger partial charge in [-0.25, -0.2) is 4.79 Å². The molecule has 0 saturated heterocycles. The molecule has 0 amide bonds. The molecule has 3 aromatic rings. The number of thioether (sulfide) groups is 1. The first-order valence-corrected chi connectivity index (χ1v) is 7.82. The van der Waals surface area contributed by atoms with Crippen LogP contribution >= 0.6 is 11.8 Å². The van der Waals surface area contributed by atoms with Gasteiger partial charge in [-0.1, -0.05) is 18.2 Å². The minimum Gasteiger partial charge on any atom is -0.508 e. The summed E-state index contributed by atoms with van der Waals surface area (Å²) < 4.78 is 1.78. The van der Waals surface area contributed by atoms with Crippen LogP contribution in [0.25, 0.3) is 11.0 Å². The Labute approximate surface area is 126 Å². The molecule has 2 N–H and O–H groups in total. The predicted molar refractivity (Wildman–Crippen MR) is 86.0 cm³/mol. The molecule has 0 fully saturated rings. The second-order valence-electron chi connectivity index (χ2n) is 4.80. The molecule has 21 heavy (non-hydrogen) atoms. The van der Waals surface area contributed by atoms with E-state index in [2.05, 4.69) is 4.98 Å². The van der Waals surface area contributed by atoms with Gasteiger partial charge >= 0.3 is 5.69 Å². The molecule has 2 aromatic carbocycles. The number of rotatable bonds is 5. The van der Waals surface area contributed by atoms with Crippen LogP contribution in [-0.4, -0.2) is 20.4 Å². The number of phenolic OH excluding ortho intramolecular Hbond substituents is 1. The average molecular weight is 300 g/mol. The number of hydrogen-bond donors (Lipinski definition) is 2. The number of aromatic amines is 1. The minimum atomic E-state index is -0.0569. The van der Waals surface area contributed by atoms with Gasteiger partial charge in [-0.2, -0.15) is 0 Å². The summed E-state index contributed by atoms with van der Waals surface area (Å²) in [6.45, 7) is 0.689. The van der Waals surface area contributed by atoms with E-state index in [0.29, 0.717) is 6.54 Å². The van der Waals surface area contributed by atoms with Crippen molar-refractivity contribution >= 4 is 22.8 Å². The highest BCUT2D eigenvalue weighted by molar-refractivity contribution is 7.99. The summed E-state index contributed by atoms with van der Waals surface area (Å²) in [7, 11) is 0. The normalized spacial score (nSPS) is 11.0. The van der Waals surface area contributed by atoms with Crippen molar-refractivity contribution in [2.75, 3.05) is 5.75 Å². The van der Waals surface area contributed by atoms with E-state index in [4.69, 9.17) is 0 Å². The summed E-state index contributed by atoms with van der Waals surface area (Å²) in [5, 5.41) is 9.41. The van der Waals surface area contributed by atoms with E-state index in [9.17, 15) is 9.90 Å². The van der Waals surface area contributed by atoms with Gasteiger partial charge in [-0.05, 0) is 42.5 Å². The average Bonchev–Trinajstić information content (AvgIpc) is 2.79. The first-order chi connectivity index (χ1) is 10.2. The Kier molecular flexibility index (Phi) is 4.01. The number of aryl methyl sites for hydroxylation is 1. The number of nitrogens with one attached hydrogen (secondary N) is 1. The Hall–Kier alpha value is -2.14. The third-order valence-corrected chi connectivity index (χ3v) is 4.37. The number of benzene rings is 2. The van der Waals surface area contributed by atoms with E-state index < -0.39 is 0 Å². The van der Waals surface area contributed by atoms with Crippen LogP contribution in [0.1, 0.15) is 6.42 Å². The van der Waals surface area contributed by atoms with Crippen molar-refractivity contribution in [3.05, 3.63) is 59.0 Å². The topological polar surface area (TPSA) is 58.0 Å². The van der Waals surface area contributed by atoms with Gasteiger partial charge in [0.15, 0.2) is 0 Å². The monoisotopic (exact) mass is 300 g/mol. The molecule has 5 heteroatoms. The van der Waals surface area contributed by atoms with Crippen molar-refractivity contribution < 1.29 is 5.11 Å². The fraction of sp³-hybridized carbons (Fsp3) is 0.188. The molecule has 0 aliphatic rings. The van der Waals surface area contributed by atoms with E-state index in [0.717, 1.165) is 28.1 Å². The highest BCUT2D eigenvalue weighted by Gasteiger charge is 2.05. The van der Waals surface area contributed by atoms with Crippen LogP contribution in [0.2, 0.25) is 0 Å². The molecular weight excluding hydrogens is 284 g/mol. The van der Waals surface area contributed by atoms with Crippen LogP contribution in [0.15, 0.2) is 58.2 Å². The van der Waals surface area contributed by atoms with Gasteiger partial charge in [0.1, 0.15) is 5.75 Å².